The van der Waals surface area contributed by atoms with Gasteiger partial charge in [0.25, 0.3) is 0 Å². The number of pyridine rings is 1. The first-order chi connectivity index (χ1) is 9.69. The molecule has 0 radical (unpaired) electrons. The van der Waals surface area contributed by atoms with Gasteiger partial charge in [-0.25, -0.2) is 9.37 Å². The third-order valence-electron chi connectivity index (χ3n) is 3.38. The van der Waals surface area contributed by atoms with Gasteiger partial charge in [-0.2, -0.15) is 5.26 Å². The van der Waals surface area contributed by atoms with Crippen molar-refractivity contribution in [1.29, 1.82) is 5.26 Å². The van der Waals surface area contributed by atoms with E-state index < -0.39 is 5.82 Å². The number of benzene rings is 1. The summed E-state index contributed by atoms with van der Waals surface area (Å²) in [6.07, 6.45) is 2.89. The molecule has 0 amide bonds. The molecule has 3 nitrogen and oxygen atoms in total. The third-order valence-corrected chi connectivity index (χ3v) is 3.67. The van der Waals surface area contributed by atoms with E-state index in [4.69, 9.17) is 11.6 Å². The maximum atomic E-state index is 13.9. The van der Waals surface area contributed by atoms with Crippen LogP contribution in [0.4, 0.5) is 15.9 Å². The van der Waals surface area contributed by atoms with E-state index in [1.807, 2.05) is 6.07 Å². The molecule has 0 fully saturated rings. The molecule has 1 N–H and O–H groups in total. The molecule has 3 rings (SSSR count). The molecule has 1 aliphatic rings. The molecule has 0 unspecified atom stereocenters. The van der Waals surface area contributed by atoms with Crippen LogP contribution in [-0.2, 0) is 12.8 Å². The summed E-state index contributed by atoms with van der Waals surface area (Å²) in [5.74, 6) is -0.158. The van der Waals surface area contributed by atoms with Gasteiger partial charge in [0.1, 0.15) is 11.9 Å². The Morgan fingerprint density at radius 2 is 2.20 bits per heavy atom. The molecule has 20 heavy (non-hydrogen) atoms. The molecule has 100 valence electrons. The molecule has 0 saturated heterocycles. The highest BCUT2D eigenvalue weighted by atomic mass is 35.5. The van der Waals surface area contributed by atoms with E-state index in [1.54, 1.807) is 12.1 Å². The fraction of sp³-hybridized carbons (Fsp3) is 0.200. The van der Waals surface area contributed by atoms with E-state index in [0.717, 1.165) is 30.5 Å². The molecule has 5 heteroatoms. The zero-order valence-electron chi connectivity index (χ0n) is 10.6. The lowest BCUT2D eigenvalue weighted by atomic mass is 10.1. The lowest BCUT2D eigenvalue weighted by Crippen LogP contribution is -2.02. The van der Waals surface area contributed by atoms with E-state index >= 15 is 0 Å². The van der Waals surface area contributed by atoms with Gasteiger partial charge < -0.3 is 5.32 Å². The fourth-order valence-electron chi connectivity index (χ4n) is 2.38. The van der Waals surface area contributed by atoms with Crippen LogP contribution in [0.2, 0.25) is 5.02 Å². The number of nitrogens with zero attached hydrogens (tertiary/aromatic N) is 2. The number of fused-ring (bicyclic) bond motifs is 1. The monoisotopic (exact) mass is 287 g/mol. The number of hydrogen-bond donors (Lipinski definition) is 1. The van der Waals surface area contributed by atoms with Crippen LogP contribution in [0.25, 0.3) is 0 Å². The molecule has 2 aromatic rings. The summed E-state index contributed by atoms with van der Waals surface area (Å²) in [7, 11) is 0. The minimum atomic E-state index is -0.541. The Bertz CT molecular complexity index is 722. The van der Waals surface area contributed by atoms with Gasteiger partial charge in [0.05, 0.1) is 16.3 Å². The van der Waals surface area contributed by atoms with Crippen molar-refractivity contribution in [1.82, 2.24) is 4.98 Å². The second kappa shape index (κ2) is 5.10. The number of rotatable bonds is 2. The SMILES string of the molecule is N#Cc1cc2c(nc1Nc1cccc(Cl)c1F)CCC2. The molecule has 0 atom stereocenters. The summed E-state index contributed by atoms with van der Waals surface area (Å²) in [5.41, 5.74) is 2.73. The van der Waals surface area contributed by atoms with Crippen LogP contribution >= 0.6 is 11.6 Å². The zero-order valence-corrected chi connectivity index (χ0v) is 11.3. The number of nitrogens with one attached hydrogen (secondary N) is 1. The van der Waals surface area contributed by atoms with Gasteiger partial charge in [0, 0.05) is 5.69 Å². The molecule has 1 aromatic heterocycles. The minimum Gasteiger partial charge on any atom is -0.337 e. The highest BCUT2D eigenvalue weighted by molar-refractivity contribution is 6.31. The zero-order chi connectivity index (χ0) is 14.1. The average Bonchev–Trinajstić information content (AvgIpc) is 2.90. The van der Waals surface area contributed by atoms with Crippen molar-refractivity contribution >= 4 is 23.1 Å². The van der Waals surface area contributed by atoms with Gasteiger partial charge in [0.2, 0.25) is 0 Å². The number of aryl methyl sites for hydroxylation is 2. The first-order valence-corrected chi connectivity index (χ1v) is 6.71. The predicted octanol–water partition coefficient (Wildman–Crippen LogP) is 3.98. The first-order valence-electron chi connectivity index (χ1n) is 6.33. The third kappa shape index (κ3) is 2.21. The number of nitriles is 1. The molecular formula is C15H11ClFN3. The van der Waals surface area contributed by atoms with Gasteiger partial charge in [-0.15, -0.1) is 0 Å². The maximum absolute atomic E-state index is 13.9. The molecule has 1 aliphatic carbocycles. The summed E-state index contributed by atoms with van der Waals surface area (Å²) < 4.78 is 13.9. The Morgan fingerprint density at radius 3 is 3.00 bits per heavy atom. The first kappa shape index (κ1) is 12.9. The summed E-state index contributed by atoms with van der Waals surface area (Å²) >= 11 is 5.75. The second-order valence-electron chi connectivity index (χ2n) is 4.68. The summed E-state index contributed by atoms with van der Waals surface area (Å²) in [6.45, 7) is 0. The van der Waals surface area contributed by atoms with Gasteiger partial charge in [-0.1, -0.05) is 17.7 Å². The van der Waals surface area contributed by atoms with Crippen LogP contribution in [0.1, 0.15) is 23.2 Å². The smallest absolute Gasteiger partial charge is 0.165 e. The standard InChI is InChI=1S/C15H11ClFN3/c16-11-4-2-6-13(14(11)17)20-15-10(8-18)7-9-3-1-5-12(9)19-15/h2,4,6-7H,1,3,5H2,(H,19,20). The van der Waals surface area contributed by atoms with Crippen LogP contribution in [-0.4, -0.2) is 4.98 Å². The van der Waals surface area contributed by atoms with E-state index in [-0.39, 0.29) is 10.7 Å². The number of anilines is 2. The summed E-state index contributed by atoms with van der Waals surface area (Å²) in [5, 5.41) is 12.1. The Morgan fingerprint density at radius 1 is 1.35 bits per heavy atom. The Balaban J connectivity index is 2.03. The van der Waals surface area contributed by atoms with Crippen molar-refractivity contribution in [3.8, 4) is 6.07 Å². The van der Waals surface area contributed by atoms with E-state index in [0.29, 0.717) is 11.4 Å². The van der Waals surface area contributed by atoms with E-state index in [1.165, 1.54) is 6.07 Å². The van der Waals surface area contributed by atoms with Crippen LogP contribution in [0.5, 0.6) is 0 Å². The Labute approximate surface area is 121 Å². The van der Waals surface area contributed by atoms with Crippen molar-refractivity contribution in [2.24, 2.45) is 0 Å². The van der Waals surface area contributed by atoms with Gasteiger partial charge in [-0.05, 0) is 43.0 Å². The van der Waals surface area contributed by atoms with E-state index in [2.05, 4.69) is 16.4 Å². The highest BCUT2D eigenvalue weighted by Gasteiger charge is 2.17. The second-order valence-corrected chi connectivity index (χ2v) is 5.09. The molecule has 1 aromatic carbocycles. The van der Waals surface area contributed by atoms with Gasteiger partial charge in [0.15, 0.2) is 5.82 Å². The van der Waals surface area contributed by atoms with Gasteiger partial charge in [-0.3, -0.25) is 0 Å². The Kier molecular flexibility index (Phi) is 3.29. The quantitative estimate of drug-likeness (QED) is 0.909. The lowest BCUT2D eigenvalue weighted by molar-refractivity contribution is 0.632. The van der Waals surface area contributed by atoms with Crippen molar-refractivity contribution in [2.45, 2.75) is 19.3 Å². The van der Waals surface area contributed by atoms with Crippen LogP contribution in [0.3, 0.4) is 0 Å². The van der Waals surface area contributed by atoms with Crippen molar-refractivity contribution < 1.29 is 4.39 Å². The Hall–Kier alpha value is -2.12. The molecular weight excluding hydrogens is 277 g/mol. The minimum absolute atomic E-state index is 0.0367. The average molecular weight is 288 g/mol. The molecule has 0 saturated carbocycles. The fourth-order valence-corrected chi connectivity index (χ4v) is 2.56. The largest absolute Gasteiger partial charge is 0.337 e. The molecule has 0 bridgehead atoms. The molecule has 0 aliphatic heterocycles. The molecule has 0 spiro atoms. The maximum Gasteiger partial charge on any atom is 0.165 e. The molecule has 1 heterocycles. The van der Waals surface area contributed by atoms with Crippen LogP contribution < -0.4 is 5.32 Å². The summed E-state index contributed by atoms with van der Waals surface area (Å²) in [6, 6.07) is 8.62. The summed E-state index contributed by atoms with van der Waals surface area (Å²) in [4.78, 5) is 4.45. The highest BCUT2D eigenvalue weighted by Crippen LogP contribution is 2.29. The number of hydrogen-bond acceptors (Lipinski definition) is 3. The predicted molar refractivity (Wildman–Crippen MR) is 75.7 cm³/mol. The van der Waals surface area contributed by atoms with Crippen molar-refractivity contribution in [2.75, 3.05) is 5.32 Å². The normalized spacial score (nSPS) is 12.8. The lowest BCUT2D eigenvalue weighted by Gasteiger charge is -2.11. The van der Waals surface area contributed by atoms with Gasteiger partial charge >= 0.3 is 0 Å². The number of halogens is 2. The van der Waals surface area contributed by atoms with Crippen molar-refractivity contribution in [3.63, 3.8) is 0 Å². The topological polar surface area (TPSA) is 48.7 Å². The van der Waals surface area contributed by atoms with Crippen LogP contribution in [0.15, 0.2) is 24.3 Å². The van der Waals surface area contributed by atoms with Crippen molar-refractivity contribution in [3.05, 3.63) is 51.9 Å². The van der Waals surface area contributed by atoms with Crippen LogP contribution in [0, 0.1) is 17.1 Å². The number of aromatic nitrogens is 1. The van der Waals surface area contributed by atoms with E-state index in [9.17, 15) is 9.65 Å².